The number of aryl methyl sites for hydroxylation is 1. The molecule has 0 saturated heterocycles. The van der Waals surface area contributed by atoms with Crippen LogP contribution in [-0.4, -0.2) is 51.9 Å². The topological polar surface area (TPSA) is 109 Å². The first-order chi connectivity index (χ1) is 17.8. The normalized spacial score (nSPS) is 15.3. The number of hydrogen-bond donors (Lipinski definition) is 2. The molecule has 0 aliphatic heterocycles. The Labute approximate surface area is 230 Å². The Bertz CT molecular complexity index is 1090. The molecule has 0 spiro atoms. The van der Waals surface area contributed by atoms with Gasteiger partial charge in [-0.1, -0.05) is 63.9 Å². The van der Waals surface area contributed by atoms with Gasteiger partial charge in [-0.15, -0.1) is 11.3 Å². The molecule has 38 heavy (non-hydrogen) atoms. The van der Waals surface area contributed by atoms with E-state index in [4.69, 9.17) is 4.74 Å². The van der Waals surface area contributed by atoms with Crippen LogP contribution in [0.4, 0.5) is 0 Å². The molecule has 8 nitrogen and oxygen atoms in total. The highest BCUT2D eigenvalue weighted by atomic mass is 32.1. The molecule has 0 fully saturated rings. The number of thiazole rings is 1. The molecule has 2 N–H and O–H groups in total. The van der Waals surface area contributed by atoms with Crippen molar-refractivity contribution in [3.8, 4) is 0 Å². The van der Waals surface area contributed by atoms with E-state index in [1.165, 1.54) is 18.3 Å². The lowest BCUT2D eigenvalue weighted by atomic mass is 9.95. The number of nitrogens with one attached hydrogen (secondary N) is 1. The van der Waals surface area contributed by atoms with E-state index in [1.807, 2.05) is 45.0 Å². The minimum atomic E-state index is -0.874. The second-order valence-electron chi connectivity index (χ2n) is 10.6. The van der Waals surface area contributed by atoms with Crippen LogP contribution in [-0.2, 0) is 14.3 Å². The second kappa shape index (κ2) is 14.4. The Morgan fingerprint density at radius 1 is 1.18 bits per heavy atom. The summed E-state index contributed by atoms with van der Waals surface area (Å²) < 4.78 is 5.63. The van der Waals surface area contributed by atoms with Gasteiger partial charge in [0.2, 0.25) is 5.91 Å². The number of aromatic nitrogens is 1. The number of ether oxygens (including phenoxy) is 1. The molecule has 0 saturated carbocycles. The number of aliphatic hydroxyl groups excluding tert-OH is 1. The molecule has 2 aromatic rings. The summed E-state index contributed by atoms with van der Waals surface area (Å²) in [6.45, 7) is 13.2. The molecule has 1 aromatic heterocycles. The molecule has 0 radical (unpaired) electrons. The van der Waals surface area contributed by atoms with E-state index in [0.29, 0.717) is 17.8 Å². The fraction of sp³-hybridized carbons (Fsp3) is 0.586. The van der Waals surface area contributed by atoms with Crippen molar-refractivity contribution >= 4 is 29.1 Å². The van der Waals surface area contributed by atoms with Crippen LogP contribution in [0, 0.1) is 18.8 Å². The Morgan fingerprint density at radius 2 is 1.87 bits per heavy atom. The molecule has 1 aromatic carbocycles. The molecule has 1 heterocycles. The van der Waals surface area contributed by atoms with Gasteiger partial charge in [0.25, 0.3) is 5.91 Å². The average molecular weight is 546 g/mol. The fourth-order valence-electron chi connectivity index (χ4n) is 4.31. The van der Waals surface area contributed by atoms with Gasteiger partial charge in [-0.25, -0.2) is 4.98 Å². The highest BCUT2D eigenvalue weighted by Crippen LogP contribution is 2.31. The lowest BCUT2D eigenvalue weighted by Gasteiger charge is -2.34. The van der Waals surface area contributed by atoms with Crippen molar-refractivity contribution in [2.24, 2.45) is 11.8 Å². The van der Waals surface area contributed by atoms with E-state index in [9.17, 15) is 19.5 Å². The number of esters is 1. The quantitative estimate of drug-likeness (QED) is 0.334. The lowest BCUT2D eigenvalue weighted by molar-refractivity contribution is -0.148. The van der Waals surface area contributed by atoms with Crippen molar-refractivity contribution in [1.82, 2.24) is 15.2 Å². The predicted octanol–water partition coefficient (Wildman–Crippen LogP) is 5.22. The van der Waals surface area contributed by atoms with Gasteiger partial charge in [-0.05, 0) is 31.2 Å². The maximum atomic E-state index is 12.9. The zero-order valence-corrected chi connectivity index (χ0v) is 24.7. The first kappa shape index (κ1) is 31.4. The van der Waals surface area contributed by atoms with Gasteiger partial charge >= 0.3 is 5.97 Å². The number of nitrogens with zero attached hydrogens (tertiary/aromatic N) is 2. The average Bonchev–Trinajstić information content (AvgIpc) is 3.35. The van der Waals surface area contributed by atoms with Crippen molar-refractivity contribution in [2.45, 2.75) is 92.0 Å². The van der Waals surface area contributed by atoms with Gasteiger partial charge < -0.3 is 20.1 Å². The molecule has 0 bridgehead atoms. The van der Waals surface area contributed by atoms with Crippen LogP contribution in [0.1, 0.15) is 99.6 Å². The number of aliphatic hydroxyl groups is 1. The van der Waals surface area contributed by atoms with Crippen molar-refractivity contribution in [3.05, 3.63) is 51.5 Å². The lowest BCUT2D eigenvalue weighted by Crippen LogP contribution is -2.42. The Balaban J connectivity index is 2.18. The Morgan fingerprint density at radius 3 is 2.45 bits per heavy atom. The molecular formula is C29H43N3O5S. The molecule has 9 heteroatoms. The zero-order chi connectivity index (χ0) is 28.6. The molecular weight excluding hydrogens is 502 g/mol. The smallest absolute Gasteiger partial charge is 0.303 e. The predicted molar refractivity (Wildman–Crippen MR) is 150 cm³/mol. The van der Waals surface area contributed by atoms with Gasteiger partial charge in [-0.2, -0.15) is 0 Å². The number of carbonyl (C=O) groups is 3. The minimum Gasteiger partial charge on any atom is -0.455 e. The van der Waals surface area contributed by atoms with E-state index < -0.39 is 30.1 Å². The third-order valence-corrected chi connectivity index (χ3v) is 7.83. The summed E-state index contributed by atoms with van der Waals surface area (Å²) in [6.07, 6.45) is 0.188. The van der Waals surface area contributed by atoms with E-state index >= 15 is 0 Å². The molecule has 0 aliphatic rings. The van der Waals surface area contributed by atoms with E-state index in [1.54, 1.807) is 24.3 Å². The maximum absolute atomic E-state index is 12.9. The first-order valence-corrected chi connectivity index (χ1v) is 14.2. The Kier molecular flexibility index (Phi) is 11.9. The molecule has 210 valence electrons. The van der Waals surface area contributed by atoms with Gasteiger partial charge in [0.15, 0.2) is 6.10 Å². The van der Waals surface area contributed by atoms with Gasteiger partial charge in [0.05, 0.1) is 12.1 Å². The highest BCUT2D eigenvalue weighted by molar-refractivity contribution is 7.09. The second-order valence-corrected chi connectivity index (χ2v) is 11.4. The van der Waals surface area contributed by atoms with Crippen molar-refractivity contribution in [2.75, 3.05) is 7.05 Å². The number of benzene rings is 1. The van der Waals surface area contributed by atoms with Crippen LogP contribution in [0.3, 0.4) is 0 Å². The van der Waals surface area contributed by atoms with Gasteiger partial charge in [0.1, 0.15) is 10.7 Å². The van der Waals surface area contributed by atoms with Crippen LogP contribution >= 0.6 is 11.3 Å². The number of rotatable bonds is 13. The SMILES string of the molecule is CCC(C)CC(=O)N(C)[C@H](C[C@@H](OC(C)=O)c1nc(C(=O)N[C@H](C)C(O)c2cccc(C)c2)cs1)C(C)C. The molecule has 0 aliphatic carbocycles. The fourth-order valence-corrected chi connectivity index (χ4v) is 5.15. The standard InChI is InChI=1S/C29H43N3O5S/c1-9-18(4)14-26(34)32(8)24(17(2)3)15-25(37-21(7)33)29-31-23(16-38-29)28(36)30-20(6)27(35)22-12-10-11-19(5)13-22/h10-13,16-18,20,24-25,27,35H,9,14-15H2,1-8H3,(H,30,36)/t18?,20-,24-,25-,27?/m1/s1. The molecule has 2 amide bonds. The Hall–Kier alpha value is -2.78. The summed E-state index contributed by atoms with van der Waals surface area (Å²) in [5.41, 5.74) is 1.93. The molecule has 2 rings (SSSR count). The first-order valence-electron chi connectivity index (χ1n) is 13.3. The van der Waals surface area contributed by atoms with Gasteiger partial charge in [0, 0.05) is 38.2 Å². The minimum absolute atomic E-state index is 0.0555. The third kappa shape index (κ3) is 8.91. The van der Waals surface area contributed by atoms with Crippen LogP contribution in [0.2, 0.25) is 0 Å². The number of hydrogen-bond acceptors (Lipinski definition) is 7. The van der Waals surface area contributed by atoms with Gasteiger partial charge in [-0.3, -0.25) is 14.4 Å². The van der Waals surface area contributed by atoms with E-state index in [-0.39, 0.29) is 29.5 Å². The number of carbonyl (C=O) groups excluding carboxylic acids is 3. The van der Waals surface area contributed by atoms with Crippen LogP contribution in [0.5, 0.6) is 0 Å². The van der Waals surface area contributed by atoms with Crippen LogP contribution < -0.4 is 5.32 Å². The largest absolute Gasteiger partial charge is 0.455 e. The molecule has 5 atom stereocenters. The van der Waals surface area contributed by atoms with Crippen LogP contribution in [0.25, 0.3) is 0 Å². The maximum Gasteiger partial charge on any atom is 0.303 e. The summed E-state index contributed by atoms with van der Waals surface area (Å²) in [6, 6.07) is 6.79. The summed E-state index contributed by atoms with van der Waals surface area (Å²) in [7, 11) is 1.79. The summed E-state index contributed by atoms with van der Waals surface area (Å²) >= 11 is 1.23. The van der Waals surface area contributed by atoms with Crippen LogP contribution in [0.15, 0.2) is 29.6 Å². The number of amides is 2. The van der Waals surface area contributed by atoms with Crippen molar-refractivity contribution in [1.29, 1.82) is 0 Å². The van der Waals surface area contributed by atoms with Crippen molar-refractivity contribution in [3.63, 3.8) is 0 Å². The summed E-state index contributed by atoms with van der Waals surface area (Å²) in [5.74, 6) is -0.420. The highest BCUT2D eigenvalue weighted by Gasteiger charge is 2.31. The summed E-state index contributed by atoms with van der Waals surface area (Å²) in [5, 5.41) is 15.6. The summed E-state index contributed by atoms with van der Waals surface area (Å²) in [4.78, 5) is 44.0. The van der Waals surface area contributed by atoms with E-state index in [0.717, 1.165) is 17.5 Å². The van der Waals surface area contributed by atoms with Crippen molar-refractivity contribution < 1.29 is 24.2 Å². The zero-order valence-electron chi connectivity index (χ0n) is 23.9. The molecule has 2 unspecified atom stereocenters. The van der Waals surface area contributed by atoms with E-state index in [2.05, 4.69) is 24.1 Å². The third-order valence-electron chi connectivity index (χ3n) is 6.89. The monoisotopic (exact) mass is 545 g/mol.